The summed E-state index contributed by atoms with van der Waals surface area (Å²) in [5.74, 6) is 1.00. The van der Waals surface area contributed by atoms with Crippen molar-refractivity contribution in [2.24, 2.45) is 0 Å². The fourth-order valence-corrected chi connectivity index (χ4v) is 5.66. The van der Waals surface area contributed by atoms with Gasteiger partial charge < -0.3 is 0 Å². The third-order valence-electron chi connectivity index (χ3n) is 4.90. The number of amides is 1. The van der Waals surface area contributed by atoms with E-state index < -0.39 is 0 Å². The Bertz CT molecular complexity index is 1160. The third kappa shape index (κ3) is 5.67. The number of halogens is 1. The molecule has 0 bridgehead atoms. The molecule has 4 rings (SSSR count). The second-order valence-electron chi connectivity index (χ2n) is 7.30. The lowest BCUT2D eigenvalue weighted by Gasteiger charge is -2.20. The number of rotatable bonds is 8. The predicted molar refractivity (Wildman–Crippen MR) is 133 cm³/mol. The molecule has 4 aromatic rings. The molecule has 1 aromatic heterocycles. The number of benzene rings is 3. The minimum Gasteiger partial charge on any atom is -0.284 e. The highest BCUT2D eigenvalue weighted by Crippen LogP contribution is 2.34. The maximum absolute atomic E-state index is 13.2. The van der Waals surface area contributed by atoms with Crippen molar-refractivity contribution in [1.82, 2.24) is 4.98 Å². The normalized spacial score (nSPS) is 11.0. The van der Waals surface area contributed by atoms with Crippen molar-refractivity contribution < 1.29 is 4.79 Å². The topological polar surface area (TPSA) is 33.2 Å². The van der Waals surface area contributed by atoms with Gasteiger partial charge in [0.05, 0.1) is 16.8 Å². The quantitative estimate of drug-likeness (QED) is 0.201. The van der Waals surface area contributed by atoms with E-state index in [1.165, 1.54) is 16.2 Å². The largest absolute Gasteiger partial charge is 0.284 e. The Labute approximate surface area is 196 Å². The number of fused-ring (bicyclic) bond motifs is 1. The van der Waals surface area contributed by atoms with Crippen molar-refractivity contribution in [3.8, 4) is 0 Å². The third-order valence-corrected chi connectivity index (χ3v) is 7.24. The van der Waals surface area contributed by atoms with Gasteiger partial charge in [-0.3, -0.25) is 9.69 Å². The Kier molecular flexibility index (Phi) is 7.28. The lowest BCUT2D eigenvalue weighted by Crippen LogP contribution is -2.30. The van der Waals surface area contributed by atoms with Crippen molar-refractivity contribution in [3.63, 3.8) is 0 Å². The SMILES string of the molecule is Cc1cc(Cl)cc2sc(N(Cc3ccccc3)C(=O)CCCSc3ccccc3)nc12. The second-order valence-corrected chi connectivity index (χ2v) is 9.91. The van der Waals surface area contributed by atoms with Gasteiger partial charge in [-0.1, -0.05) is 71.5 Å². The van der Waals surface area contributed by atoms with Gasteiger partial charge in [0.15, 0.2) is 5.13 Å². The molecule has 0 atom stereocenters. The van der Waals surface area contributed by atoms with E-state index in [4.69, 9.17) is 16.6 Å². The Balaban J connectivity index is 1.51. The van der Waals surface area contributed by atoms with Gasteiger partial charge in [0.2, 0.25) is 5.91 Å². The molecule has 158 valence electrons. The van der Waals surface area contributed by atoms with Gasteiger partial charge >= 0.3 is 0 Å². The van der Waals surface area contributed by atoms with Crippen molar-refractivity contribution in [3.05, 3.63) is 88.9 Å². The molecule has 0 aliphatic carbocycles. The smallest absolute Gasteiger partial charge is 0.229 e. The number of thiazole rings is 1. The van der Waals surface area contributed by atoms with E-state index in [0.717, 1.165) is 38.6 Å². The zero-order chi connectivity index (χ0) is 21.6. The molecule has 31 heavy (non-hydrogen) atoms. The average Bonchev–Trinajstić information content (AvgIpc) is 3.20. The fraction of sp³-hybridized carbons (Fsp3) is 0.200. The van der Waals surface area contributed by atoms with E-state index in [1.807, 2.05) is 72.5 Å². The van der Waals surface area contributed by atoms with Crippen LogP contribution in [0, 0.1) is 6.92 Å². The summed E-state index contributed by atoms with van der Waals surface area (Å²) in [5, 5.41) is 1.42. The Hall–Kier alpha value is -2.34. The molecule has 0 unspecified atom stereocenters. The van der Waals surface area contributed by atoms with E-state index in [1.54, 1.807) is 11.8 Å². The minimum absolute atomic E-state index is 0.0975. The van der Waals surface area contributed by atoms with Crippen LogP contribution in [0.2, 0.25) is 5.02 Å². The Morgan fingerprint density at radius 2 is 1.77 bits per heavy atom. The van der Waals surface area contributed by atoms with Crippen molar-refractivity contribution in [2.75, 3.05) is 10.7 Å². The first-order valence-electron chi connectivity index (χ1n) is 10.2. The van der Waals surface area contributed by atoms with Gasteiger partial charge in [-0.25, -0.2) is 4.98 Å². The molecule has 0 radical (unpaired) electrons. The van der Waals surface area contributed by atoms with Crippen molar-refractivity contribution in [2.45, 2.75) is 31.2 Å². The van der Waals surface area contributed by atoms with Crippen LogP contribution >= 0.6 is 34.7 Å². The van der Waals surface area contributed by atoms with Gasteiger partial charge in [-0.15, -0.1) is 11.8 Å². The summed E-state index contributed by atoms with van der Waals surface area (Å²) in [4.78, 5) is 21.1. The maximum Gasteiger partial charge on any atom is 0.229 e. The average molecular weight is 467 g/mol. The molecule has 0 aliphatic rings. The zero-order valence-corrected chi connectivity index (χ0v) is 19.6. The molecular weight excluding hydrogens is 444 g/mol. The summed E-state index contributed by atoms with van der Waals surface area (Å²) in [5.41, 5.74) is 3.02. The molecule has 0 saturated carbocycles. The summed E-state index contributed by atoms with van der Waals surface area (Å²) in [6, 6.07) is 24.2. The monoisotopic (exact) mass is 466 g/mol. The van der Waals surface area contributed by atoms with Gasteiger partial charge in [0.1, 0.15) is 0 Å². The molecule has 0 spiro atoms. The van der Waals surface area contributed by atoms with E-state index in [2.05, 4.69) is 12.1 Å². The summed E-state index contributed by atoms with van der Waals surface area (Å²) in [6.07, 6.45) is 1.31. The first-order chi connectivity index (χ1) is 15.1. The van der Waals surface area contributed by atoms with E-state index in [-0.39, 0.29) is 5.91 Å². The lowest BCUT2D eigenvalue weighted by molar-refractivity contribution is -0.118. The number of aromatic nitrogens is 1. The van der Waals surface area contributed by atoms with E-state index >= 15 is 0 Å². The number of thioether (sulfide) groups is 1. The van der Waals surface area contributed by atoms with Gasteiger partial charge in [-0.05, 0) is 54.5 Å². The van der Waals surface area contributed by atoms with Crippen LogP contribution in [0.5, 0.6) is 0 Å². The molecule has 0 saturated heterocycles. The van der Waals surface area contributed by atoms with Crippen molar-refractivity contribution in [1.29, 1.82) is 0 Å². The fourth-order valence-electron chi connectivity index (χ4n) is 3.35. The highest BCUT2D eigenvalue weighted by molar-refractivity contribution is 7.99. The van der Waals surface area contributed by atoms with Crippen molar-refractivity contribution >= 4 is 56.0 Å². The van der Waals surface area contributed by atoms with E-state index in [9.17, 15) is 4.79 Å². The Morgan fingerprint density at radius 1 is 1.06 bits per heavy atom. The van der Waals surface area contributed by atoms with Gasteiger partial charge in [-0.2, -0.15) is 0 Å². The molecule has 0 aliphatic heterocycles. The number of aryl methyl sites for hydroxylation is 1. The van der Waals surface area contributed by atoms with Crippen LogP contribution in [-0.4, -0.2) is 16.6 Å². The van der Waals surface area contributed by atoms with Crippen LogP contribution in [-0.2, 0) is 11.3 Å². The summed E-state index contributed by atoms with van der Waals surface area (Å²) in [6.45, 7) is 2.51. The van der Waals surface area contributed by atoms with Gasteiger partial charge in [0.25, 0.3) is 0 Å². The molecule has 6 heteroatoms. The summed E-state index contributed by atoms with van der Waals surface area (Å²) < 4.78 is 1.01. The molecule has 0 N–H and O–H groups in total. The zero-order valence-electron chi connectivity index (χ0n) is 17.3. The lowest BCUT2D eigenvalue weighted by atomic mass is 10.2. The molecular formula is C25H23ClN2OS2. The number of anilines is 1. The Morgan fingerprint density at radius 3 is 2.52 bits per heavy atom. The van der Waals surface area contributed by atoms with Crippen LogP contribution in [0.4, 0.5) is 5.13 Å². The van der Waals surface area contributed by atoms with Crippen LogP contribution in [0.15, 0.2) is 77.7 Å². The van der Waals surface area contributed by atoms with E-state index in [0.29, 0.717) is 18.0 Å². The second kappa shape index (κ2) is 10.3. The number of hydrogen-bond donors (Lipinski definition) is 0. The van der Waals surface area contributed by atoms with Crippen LogP contribution in [0.3, 0.4) is 0 Å². The highest BCUT2D eigenvalue weighted by Gasteiger charge is 2.20. The minimum atomic E-state index is 0.0975. The predicted octanol–water partition coefficient (Wildman–Crippen LogP) is 7.36. The first kappa shape index (κ1) is 21.9. The molecule has 3 nitrogen and oxygen atoms in total. The molecule has 3 aromatic carbocycles. The van der Waals surface area contributed by atoms with Crippen LogP contribution in [0.1, 0.15) is 24.0 Å². The van der Waals surface area contributed by atoms with Crippen LogP contribution < -0.4 is 4.90 Å². The number of hydrogen-bond acceptors (Lipinski definition) is 4. The van der Waals surface area contributed by atoms with Gasteiger partial charge in [0, 0.05) is 16.3 Å². The number of carbonyl (C=O) groups excluding carboxylic acids is 1. The maximum atomic E-state index is 13.2. The number of carbonyl (C=O) groups is 1. The highest BCUT2D eigenvalue weighted by atomic mass is 35.5. The number of nitrogens with zero attached hydrogens (tertiary/aromatic N) is 2. The first-order valence-corrected chi connectivity index (χ1v) is 12.4. The summed E-state index contributed by atoms with van der Waals surface area (Å²) >= 11 is 9.54. The standard InChI is InChI=1S/C25H23ClN2OS2/c1-18-15-20(26)16-22-24(18)27-25(31-22)28(17-19-9-4-2-5-10-19)23(29)13-8-14-30-21-11-6-3-7-12-21/h2-7,9-12,15-16H,8,13-14,17H2,1H3. The molecule has 1 heterocycles. The van der Waals surface area contributed by atoms with Crippen LogP contribution in [0.25, 0.3) is 10.2 Å². The molecule has 0 fully saturated rings. The summed E-state index contributed by atoms with van der Waals surface area (Å²) in [7, 11) is 0. The molecule has 1 amide bonds.